The van der Waals surface area contributed by atoms with Crippen LogP contribution in [0.5, 0.6) is 0 Å². The number of nitrogens with zero attached hydrogens (tertiary/aromatic N) is 4. The molecule has 0 spiro atoms. The van der Waals surface area contributed by atoms with E-state index in [1.54, 1.807) is 17.0 Å². The van der Waals surface area contributed by atoms with Gasteiger partial charge in [-0.2, -0.15) is 5.10 Å². The minimum Gasteiger partial charge on any atom is -0.358 e. The summed E-state index contributed by atoms with van der Waals surface area (Å²) in [5, 5.41) is 9.39. The number of hydrogen-bond acceptors (Lipinski definition) is 5. The van der Waals surface area contributed by atoms with Crippen molar-refractivity contribution in [2.24, 2.45) is 0 Å². The van der Waals surface area contributed by atoms with Crippen LogP contribution in [0.4, 0.5) is 5.82 Å². The Hall–Kier alpha value is -2.18. The van der Waals surface area contributed by atoms with Crippen molar-refractivity contribution in [3.63, 3.8) is 0 Å². The number of anilines is 1. The average molecular weight is 248 g/mol. The first kappa shape index (κ1) is 12.3. The minimum absolute atomic E-state index is 0.149. The third kappa shape index (κ3) is 2.55. The van der Waals surface area contributed by atoms with Crippen molar-refractivity contribution in [2.45, 2.75) is 32.9 Å². The van der Waals surface area contributed by atoms with Gasteiger partial charge in [-0.1, -0.05) is 0 Å². The van der Waals surface area contributed by atoms with Gasteiger partial charge in [0.2, 0.25) is 0 Å². The van der Waals surface area contributed by atoms with Gasteiger partial charge in [-0.25, -0.2) is 9.97 Å². The summed E-state index contributed by atoms with van der Waals surface area (Å²) in [7, 11) is 0. The van der Waals surface area contributed by atoms with Crippen LogP contribution in [0.3, 0.4) is 0 Å². The Morgan fingerprint density at radius 1 is 1.39 bits per heavy atom. The Balaban J connectivity index is 2.22. The lowest BCUT2D eigenvalue weighted by Crippen LogP contribution is -2.35. The molecule has 7 heteroatoms. The van der Waals surface area contributed by atoms with Crippen LogP contribution >= 0.6 is 0 Å². The summed E-state index contributed by atoms with van der Waals surface area (Å²) < 4.78 is 1.64. The molecule has 0 aromatic carbocycles. The van der Waals surface area contributed by atoms with Crippen molar-refractivity contribution in [1.29, 1.82) is 0 Å². The molecule has 0 unspecified atom stereocenters. The van der Waals surface area contributed by atoms with Gasteiger partial charge in [0.15, 0.2) is 5.82 Å². The Morgan fingerprint density at radius 3 is 2.78 bits per heavy atom. The molecule has 7 nitrogen and oxygen atoms in total. The first-order valence-electron chi connectivity index (χ1n) is 5.65. The van der Waals surface area contributed by atoms with Crippen LogP contribution in [-0.2, 0) is 12.1 Å². The molecule has 0 aliphatic carbocycles. The highest BCUT2D eigenvalue weighted by molar-refractivity contribution is 5.31. The summed E-state index contributed by atoms with van der Waals surface area (Å²) in [5.74, 6) is 0.964. The van der Waals surface area contributed by atoms with E-state index < -0.39 is 0 Å². The Morgan fingerprint density at radius 2 is 2.17 bits per heavy atom. The van der Waals surface area contributed by atoms with Crippen LogP contribution in [0.15, 0.2) is 23.5 Å². The zero-order chi connectivity index (χ0) is 13.2. The Labute approximate surface area is 104 Å². The highest BCUT2D eigenvalue weighted by Crippen LogP contribution is 2.10. The molecule has 0 saturated carbocycles. The third-order valence-corrected chi connectivity index (χ3v) is 2.45. The molecule has 2 N–H and O–H groups in total. The molecule has 0 saturated heterocycles. The highest BCUT2D eigenvalue weighted by Gasteiger charge is 2.16. The summed E-state index contributed by atoms with van der Waals surface area (Å²) in [5.41, 5.74) is -0.424. The molecule has 0 radical (unpaired) electrons. The van der Waals surface area contributed by atoms with E-state index in [2.05, 4.69) is 25.5 Å². The van der Waals surface area contributed by atoms with E-state index in [9.17, 15) is 4.79 Å². The fourth-order valence-corrected chi connectivity index (χ4v) is 1.54. The normalized spacial score (nSPS) is 11.5. The quantitative estimate of drug-likeness (QED) is 0.836. The van der Waals surface area contributed by atoms with Crippen LogP contribution in [0.2, 0.25) is 0 Å². The van der Waals surface area contributed by atoms with Gasteiger partial charge in [0.05, 0.1) is 6.54 Å². The van der Waals surface area contributed by atoms with E-state index in [0.717, 1.165) is 0 Å². The number of H-pyrrole nitrogens is 1. The van der Waals surface area contributed by atoms with Crippen LogP contribution in [-0.4, -0.2) is 24.7 Å². The second kappa shape index (κ2) is 4.59. The standard InChI is InChI=1S/C11H16N6O/c1-11(2,3)17-5-4-12-9(10(17)18)13-6-8-14-7-15-16-8/h4-5,7H,6H2,1-3H3,(H,12,13)(H,14,15,16). The first-order chi connectivity index (χ1) is 8.48. The summed E-state index contributed by atoms with van der Waals surface area (Å²) in [6.07, 6.45) is 4.71. The van der Waals surface area contributed by atoms with Gasteiger partial charge >= 0.3 is 0 Å². The molecule has 18 heavy (non-hydrogen) atoms. The van der Waals surface area contributed by atoms with Gasteiger partial charge in [-0.3, -0.25) is 9.89 Å². The lowest BCUT2D eigenvalue weighted by atomic mass is 10.1. The smallest absolute Gasteiger partial charge is 0.293 e. The summed E-state index contributed by atoms with van der Waals surface area (Å²) in [6, 6.07) is 0. The predicted octanol–water partition coefficient (Wildman–Crippen LogP) is 0.728. The molecular weight excluding hydrogens is 232 g/mol. The van der Waals surface area contributed by atoms with E-state index in [4.69, 9.17) is 0 Å². The van der Waals surface area contributed by atoms with Crippen LogP contribution in [0.1, 0.15) is 26.6 Å². The van der Waals surface area contributed by atoms with Crippen LogP contribution in [0, 0.1) is 0 Å². The average Bonchev–Trinajstić information content (AvgIpc) is 2.79. The predicted molar refractivity (Wildman–Crippen MR) is 67.2 cm³/mol. The van der Waals surface area contributed by atoms with Crippen LogP contribution < -0.4 is 10.9 Å². The van der Waals surface area contributed by atoms with Gasteiger partial charge in [0.1, 0.15) is 12.2 Å². The summed E-state index contributed by atoms with van der Waals surface area (Å²) in [6.45, 7) is 6.29. The van der Waals surface area contributed by atoms with Gasteiger partial charge in [0, 0.05) is 17.9 Å². The third-order valence-electron chi connectivity index (χ3n) is 2.45. The van der Waals surface area contributed by atoms with Crippen molar-refractivity contribution in [1.82, 2.24) is 24.7 Å². The molecule has 0 amide bonds. The lowest BCUT2D eigenvalue weighted by Gasteiger charge is -2.22. The maximum absolute atomic E-state index is 12.2. The van der Waals surface area contributed by atoms with E-state index in [-0.39, 0.29) is 11.1 Å². The fourth-order valence-electron chi connectivity index (χ4n) is 1.54. The molecule has 0 aliphatic rings. The van der Waals surface area contributed by atoms with Gasteiger partial charge in [-0.15, -0.1) is 0 Å². The number of rotatable bonds is 3. The largest absolute Gasteiger partial charge is 0.358 e. The molecule has 2 aromatic heterocycles. The SMILES string of the molecule is CC(C)(C)n1ccnc(NCc2ncn[nH]2)c1=O. The number of hydrogen-bond donors (Lipinski definition) is 2. The Bertz CT molecular complexity index is 566. The fraction of sp³-hybridized carbons (Fsp3) is 0.455. The van der Waals surface area contributed by atoms with Crippen molar-refractivity contribution in [3.8, 4) is 0 Å². The van der Waals surface area contributed by atoms with Crippen molar-refractivity contribution >= 4 is 5.82 Å². The number of aromatic nitrogens is 5. The second-order valence-corrected chi connectivity index (χ2v) is 4.91. The monoisotopic (exact) mass is 248 g/mol. The van der Waals surface area contributed by atoms with Gasteiger partial charge in [0.25, 0.3) is 5.56 Å². The Kier molecular flexibility index (Phi) is 3.14. The van der Waals surface area contributed by atoms with Crippen molar-refractivity contribution < 1.29 is 0 Å². The number of nitrogens with one attached hydrogen (secondary N) is 2. The molecule has 96 valence electrons. The molecule has 2 aromatic rings. The topological polar surface area (TPSA) is 88.5 Å². The zero-order valence-corrected chi connectivity index (χ0v) is 10.6. The molecule has 2 rings (SSSR count). The molecular formula is C11H16N6O. The van der Waals surface area contributed by atoms with E-state index in [1.165, 1.54) is 6.33 Å². The molecule has 2 heterocycles. The summed E-state index contributed by atoms with van der Waals surface area (Å²) in [4.78, 5) is 20.2. The lowest BCUT2D eigenvalue weighted by molar-refractivity contribution is 0.383. The van der Waals surface area contributed by atoms with Crippen molar-refractivity contribution in [2.75, 3.05) is 5.32 Å². The van der Waals surface area contributed by atoms with E-state index in [1.807, 2.05) is 20.8 Å². The van der Waals surface area contributed by atoms with E-state index in [0.29, 0.717) is 18.2 Å². The number of aromatic amines is 1. The summed E-state index contributed by atoms with van der Waals surface area (Å²) >= 11 is 0. The molecule has 0 atom stereocenters. The first-order valence-corrected chi connectivity index (χ1v) is 5.65. The van der Waals surface area contributed by atoms with Crippen molar-refractivity contribution in [3.05, 3.63) is 34.9 Å². The second-order valence-electron chi connectivity index (χ2n) is 4.91. The van der Waals surface area contributed by atoms with Crippen LogP contribution in [0.25, 0.3) is 0 Å². The van der Waals surface area contributed by atoms with Gasteiger partial charge in [-0.05, 0) is 20.8 Å². The molecule has 0 fully saturated rings. The van der Waals surface area contributed by atoms with Gasteiger partial charge < -0.3 is 9.88 Å². The molecule has 0 aliphatic heterocycles. The highest BCUT2D eigenvalue weighted by atomic mass is 16.1. The minimum atomic E-state index is -0.275. The maximum atomic E-state index is 12.2. The molecule has 0 bridgehead atoms. The maximum Gasteiger partial charge on any atom is 0.293 e. The zero-order valence-electron chi connectivity index (χ0n) is 10.6. The van der Waals surface area contributed by atoms with E-state index >= 15 is 0 Å².